The van der Waals surface area contributed by atoms with E-state index in [0.29, 0.717) is 18.4 Å². The van der Waals surface area contributed by atoms with Crippen molar-refractivity contribution in [2.24, 2.45) is 0 Å². The average Bonchev–Trinajstić information content (AvgIpc) is 2.46. The van der Waals surface area contributed by atoms with Crippen LogP contribution in [0.15, 0.2) is 0 Å². The lowest BCUT2D eigenvalue weighted by atomic mass is 10.0. The molecule has 0 amide bonds. The van der Waals surface area contributed by atoms with Gasteiger partial charge in [-0.15, -0.1) is 0 Å². The van der Waals surface area contributed by atoms with Gasteiger partial charge in [-0.1, -0.05) is 13.8 Å². The van der Waals surface area contributed by atoms with E-state index in [1.54, 1.807) is 0 Å². The normalized spacial score (nSPS) is 14.9. The minimum Gasteiger partial charge on any atom is -0.368 e. The Morgan fingerprint density at radius 2 is 2.00 bits per heavy atom. The van der Waals surface area contributed by atoms with Crippen molar-refractivity contribution in [3.8, 4) is 0 Å². The number of ketones is 1. The zero-order valence-electron chi connectivity index (χ0n) is 8.37. The number of hydrogen-bond donors (Lipinski definition) is 1. The van der Waals surface area contributed by atoms with Crippen molar-refractivity contribution >= 4 is 11.7 Å². The number of rotatable bonds is 1. The second-order valence-electron chi connectivity index (χ2n) is 3.87. The van der Waals surface area contributed by atoms with Crippen molar-refractivity contribution in [1.82, 2.24) is 9.97 Å². The SMILES string of the molecule is CC(C)c1nc(N)nc2c1C(=O)CC2. The summed E-state index contributed by atoms with van der Waals surface area (Å²) in [6.45, 7) is 4.02. The summed E-state index contributed by atoms with van der Waals surface area (Å²) in [6.07, 6.45) is 1.26. The molecular formula is C10H13N3O. The van der Waals surface area contributed by atoms with E-state index in [2.05, 4.69) is 9.97 Å². The molecule has 0 unspecified atom stereocenters. The van der Waals surface area contributed by atoms with E-state index >= 15 is 0 Å². The molecule has 74 valence electrons. The van der Waals surface area contributed by atoms with Crippen molar-refractivity contribution < 1.29 is 4.79 Å². The van der Waals surface area contributed by atoms with Gasteiger partial charge in [-0.2, -0.15) is 0 Å². The van der Waals surface area contributed by atoms with E-state index in [1.165, 1.54) is 0 Å². The molecule has 1 aliphatic rings. The molecule has 0 saturated heterocycles. The maximum atomic E-state index is 11.6. The maximum Gasteiger partial charge on any atom is 0.220 e. The lowest BCUT2D eigenvalue weighted by molar-refractivity contribution is 0.0993. The second-order valence-corrected chi connectivity index (χ2v) is 3.87. The van der Waals surface area contributed by atoms with Crippen molar-refractivity contribution in [3.05, 3.63) is 17.0 Å². The molecule has 2 N–H and O–H groups in total. The lowest BCUT2D eigenvalue weighted by Gasteiger charge is -2.09. The highest BCUT2D eigenvalue weighted by molar-refractivity contribution is 6.01. The number of Topliss-reactive ketones (excluding diaryl/α,β-unsaturated/α-hetero) is 1. The molecule has 1 heterocycles. The third kappa shape index (κ3) is 1.27. The fraction of sp³-hybridized carbons (Fsp3) is 0.500. The molecular weight excluding hydrogens is 178 g/mol. The Morgan fingerprint density at radius 3 is 2.64 bits per heavy atom. The topological polar surface area (TPSA) is 68.9 Å². The number of hydrogen-bond acceptors (Lipinski definition) is 4. The number of carbonyl (C=O) groups is 1. The quantitative estimate of drug-likeness (QED) is 0.726. The van der Waals surface area contributed by atoms with Crippen LogP contribution in [0.3, 0.4) is 0 Å². The Balaban J connectivity index is 2.65. The predicted molar refractivity (Wildman–Crippen MR) is 53.2 cm³/mol. The van der Waals surface area contributed by atoms with Gasteiger partial charge >= 0.3 is 0 Å². The molecule has 0 fully saturated rings. The van der Waals surface area contributed by atoms with Crippen LogP contribution in [-0.4, -0.2) is 15.8 Å². The highest BCUT2D eigenvalue weighted by Gasteiger charge is 2.26. The first kappa shape index (κ1) is 9.12. The number of carbonyl (C=O) groups excluding carboxylic acids is 1. The summed E-state index contributed by atoms with van der Waals surface area (Å²) in [5.41, 5.74) is 7.92. The summed E-state index contributed by atoms with van der Waals surface area (Å²) in [4.78, 5) is 19.8. The number of aryl methyl sites for hydroxylation is 1. The fourth-order valence-corrected chi connectivity index (χ4v) is 1.81. The maximum absolute atomic E-state index is 11.6. The zero-order chi connectivity index (χ0) is 10.3. The summed E-state index contributed by atoms with van der Waals surface area (Å²) in [5.74, 6) is 0.655. The van der Waals surface area contributed by atoms with Gasteiger partial charge in [0, 0.05) is 6.42 Å². The summed E-state index contributed by atoms with van der Waals surface area (Å²) in [6, 6.07) is 0. The highest BCUT2D eigenvalue weighted by Crippen LogP contribution is 2.27. The van der Waals surface area contributed by atoms with Crippen molar-refractivity contribution in [3.63, 3.8) is 0 Å². The number of nitrogens with two attached hydrogens (primary N) is 1. The first-order valence-electron chi connectivity index (χ1n) is 4.79. The van der Waals surface area contributed by atoms with Crippen LogP contribution in [0, 0.1) is 0 Å². The van der Waals surface area contributed by atoms with Crippen molar-refractivity contribution in [2.45, 2.75) is 32.6 Å². The molecule has 1 aliphatic carbocycles. The van der Waals surface area contributed by atoms with Crippen LogP contribution in [0.4, 0.5) is 5.95 Å². The largest absolute Gasteiger partial charge is 0.368 e. The molecule has 1 aromatic rings. The van der Waals surface area contributed by atoms with Crippen LogP contribution in [-0.2, 0) is 6.42 Å². The van der Waals surface area contributed by atoms with Gasteiger partial charge in [0.1, 0.15) is 0 Å². The molecule has 2 rings (SSSR count). The van der Waals surface area contributed by atoms with E-state index in [1.807, 2.05) is 13.8 Å². The standard InChI is InChI=1S/C10H13N3O/c1-5(2)9-8-6(3-4-7(8)14)12-10(11)13-9/h5H,3-4H2,1-2H3,(H2,11,12,13). The lowest BCUT2D eigenvalue weighted by Crippen LogP contribution is -2.09. The highest BCUT2D eigenvalue weighted by atomic mass is 16.1. The minimum absolute atomic E-state index is 0.156. The molecule has 0 spiro atoms. The molecule has 0 aliphatic heterocycles. The van der Waals surface area contributed by atoms with Crippen molar-refractivity contribution in [1.29, 1.82) is 0 Å². The summed E-state index contributed by atoms with van der Waals surface area (Å²) >= 11 is 0. The molecule has 0 radical (unpaired) electrons. The van der Waals surface area contributed by atoms with Gasteiger partial charge in [0.2, 0.25) is 5.95 Å². The molecule has 0 atom stereocenters. The molecule has 0 saturated carbocycles. The van der Waals surface area contributed by atoms with Crippen LogP contribution in [0.5, 0.6) is 0 Å². The van der Waals surface area contributed by atoms with Crippen LogP contribution in [0.25, 0.3) is 0 Å². The second kappa shape index (κ2) is 3.04. The van der Waals surface area contributed by atoms with Crippen LogP contribution < -0.4 is 5.73 Å². The summed E-state index contributed by atoms with van der Waals surface area (Å²) in [5, 5.41) is 0. The van der Waals surface area contributed by atoms with Gasteiger partial charge in [-0.3, -0.25) is 4.79 Å². The molecule has 0 aromatic carbocycles. The molecule has 0 bridgehead atoms. The van der Waals surface area contributed by atoms with Crippen LogP contribution >= 0.6 is 0 Å². The summed E-state index contributed by atoms with van der Waals surface area (Å²) in [7, 11) is 0. The van der Waals surface area contributed by atoms with Gasteiger partial charge < -0.3 is 5.73 Å². The van der Waals surface area contributed by atoms with E-state index in [9.17, 15) is 4.79 Å². The average molecular weight is 191 g/mol. The Bertz CT molecular complexity index is 399. The van der Waals surface area contributed by atoms with Gasteiger partial charge in [-0.25, -0.2) is 9.97 Å². The molecule has 4 nitrogen and oxygen atoms in total. The van der Waals surface area contributed by atoms with E-state index in [4.69, 9.17) is 5.73 Å². The van der Waals surface area contributed by atoms with E-state index in [0.717, 1.165) is 11.4 Å². The number of aromatic nitrogens is 2. The van der Waals surface area contributed by atoms with Crippen LogP contribution in [0.2, 0.25) is 0 Å². The number of fused-ring (bicyclic) bond motifs is 1. The smallest absolute Gasteiger partial charge is 0.220 e. The monoisotopic (exact) mass is 191 g/mol. The zero-order valence-corrected chi connectivity index (χ0v) is 8.37. The van der Waals surface area contributed by atoms with E-state index in [-0.39, 0.29) is 17.6 Å². The van der Waals surface area contributed by atoms with Gasteiger partial charge in [0.15, 0.2) is 5.78 Å². The Labute approximate surface area is 82.6 Å². The summed E-state index contributed by atoms with van der Waals surface area (Å²) < 4.78 is 0. The number of nitrogens with zero attached hydrogens (tertiary/aromatic N) is 2. The molecule has 14 heavy (non-hydrogen) atoms. The van der Waals surface area contributed by atoms with Crippen molar-refractivity contribution in [2.75, 3.05) is 5.73 Å². The van der Waals surface area contributed by atoms with Crippen LogP contribution in [0.1, 0.15) is 47.9 Å². The predicted octanol–water partition coefficient (Wildman–Crippen LogP) is 1.31. The molecule has 4 heteroatoms. The Morgan fingerprint density at radius 1 is 1.29 bits per heavy atom. The van der Waals surface area contributed by atoms with Gasteiger partial charge in [-0.05, 0) is 12.3 Å². The Hall–Kier alpha value is -1.45. The molecule has 1 aromatic heterocycles. The van der Waals surface area contributed by atoms with Gasteiger partial charge in [0.25, 0.3) is 0 Å². The number of anilines is 1. The minimum atomic E-state index is 0.156. The fourth-order valence-electron chi connectivity index (χ4n) is 1.81. The third-order valence-electron chi connectivity index (χ3n) is 2.44. The third-order valence-corrected chi connectivity index (χ3v) is 2.44. The number of nitrogen functional groups attached to an aromatic ring is 1. The van der Waals surface area contributed by atoms with Gasteiger partial charge in [0.05, 0.1) is 17.0 Å². The Kier molecular flexibility index (Phi) is 1.98. The van der Waals surface area contributed by atoms with E-state index < -0.39 is 0 Å². The first-order chi connectivity index (χ1) is 6.59. The first-order valence-corrected chi connectivity index (χ1v) is 4.79.